The number of thioether (sulfide) groups is 1. The van der Waals surface area contributed by atoms with Crippen molar-refractivity contribution in [1.29, 1.82) is 0 Å². The highest BCUT2D eigenvalue weighted by Gasteiger charge is 2.38. The molecule has 0 bridgehead atoms. The van der Waals surface area contributed by atoms with Crippen LogP contribution < -0.4 is 5.32 Å². The maximum absolute atomic E-state index is 13.6. The van der Waals surface area contributed by atoms with Gasteiger partial charge in [-0.15, -0.1) is 11.8 Å². The van der Waals surface area contributed by atoms with Gasteiger partial charge in [0, 0.05) is 10.9 Å². The van der Waals surface area contributed by atoms with E-state index >= 15 is 0 Å². The molecule has 4 nitrogen and oxygen atoms in total. The highest BCUT2D eigenvalue weighted by Crippen LogP contribution is 2.39. The van der Waals surface area contributed by atoms with Crippen LogP contribution >= 0.6 is 11.8 Å². The molecule has 1 saturated heterocycles. The van der Waals surface area contributed by atoms with E-state index in [9.17, 15) is 18.0 Å². The van der Waals surface area contributed by atoms with Gasteiger partial charge >= 0.3 is 12.2 Å². The monoisotopic (exact) mass is 438 g/mol. The lowest BCUT2D eigenvalue weighted by atomic mass is 9.95. The highest BCUT2D eigenvalue weighted by molar-refractivity contribution is 7.98. The molecule has 1 aliphatic heterocycles. The van der Waals surface area contributed by atoms with Crippen molar-refractivity contribution < 1.29 is 22.7 Å². The molecule has 2 amide bonds. The smallest absolute Gasteiger partial charge is 0.362 e. The fourth-order valence-electron chi connectivity index (χ4n) is 3.31. The van der Waals surface area contributed by atoms with Crippen LogP contribution in [-0.4, -0.2) is 42.4 Å². The van der Waals surface area contributed by atoms with Crippen LogP contribution in [0, 0.1) is 0 Å². The number of hydrogen-bond donors (Lipinski definition) is 1. The Balaban J connectivity index is 1.84. The first-order valence-electron chi connectivity index (χ1n) is 9.70. The van der Waals surface area contributed by atoms with Gasteiger partial charge in [0.1, 0.15) is 6.10 Å². The Morgan fingerprint density at radius 2 is 1.77 bits per heavy atom. The fraction of sp³-hybridized carbons (Fsp3) is 0.409. The number of nitrogens with one attached hydrogen (secondary N) is 1. The number of ether oxygens (including phenoxy) is 1. The van der Waals surface area contributed by atoms with Crippen LogP contribution in [0.15, 0.2) is 53.4 Å². The van der Waals surface area contributed by atoms with Crippen LogP contribution in [0.3, 0.4) is 0 Å². The SMILES string of the molecule is CSc1ccc(C(OC2CN(C(=O)NC(C)C)C2)c2ccccc2C(F)(F)F)cc1. The van der Waals surface area contributed by atoms with Crippen LogP contribution in [0.4, 0.5) is 18.0 Å². The van der Waals surface area contributed by atoms with E-state index < -0.39 is 17.8 Å². The quantitative estimate of drug-likeness (QED) is 0.620. The number of alkyl halides is 3. The zero-order chi connectivity index (χ0) is 21.9. The average Bonchev–Trinajstić information content (AvgIpc) is 2.66. The summed E-state index contributed by atoms with van der Waals surface area (Å²) in [7, 11) is 0. The number of carbonyl (C=O) groups excluding carboxylic acids is 1. The third-order valence-electron chi connectivity index (χ3n) is 4.84. The number of rotatable bonds is 6. The zero-order valence-electron chi connectivity index (χ0n) is 17.1. The van der Waals surface area contributed by atoms with Gasteiger partial charge in [0.2, 0.25) is 0 Å². The molecule has 1 heterocycles. The first-order chi connectivity index (χ1) is 14.2. The normalized spacial score (nSPS) is 15.8. The third-order valence-corrected chi connectivity index (χ3v) is 5.59. The van der Waals surface area contributed by atoms with Crippen LogP contribution in [0.5, 0.6) is 0 Å². The number of carbonyl (C=O) groups is 1. The Labute approximate surface area is 178 Å². The Morgan fingerprint density at radius 3 is 2.33 bits per heavy atom. The molecule has 0 radical (unpaired) electrons. The van der Waals surface area contributed by atoms with Gasteiger partial charge in [0.15, 0.2) is 0 Å². The van der Waals surface area contributed by atoms with E-state index in [0.29, 0.717) is 18.7 Å². The van der Waals surface area contributed by atoms with Crippen LogP contribution in [0.25, 0.3) is 0 Å². The van der Waals surface area contributed by atoms with Gasteiger partial charge in [-0.25, -0.2) is 4.79 Å². The largest absolute Gasteiger partial charge is 0.416 e. The van der Waals surface area contributed by atoms with Gasteiger partial charge < -0.3 is 15.0 Å². The highest BCUT2D eigenvalue weighted by atomic mass is 32.2. The number of benzene rings is 2. The average molecular weight is 439 g/mol. The molecular formula is C22H25F3N2O2S. The molecule has 8 heteroatoms. The number of nitrogens with zero attached hydrogens (tertiary/aromatic N) is 1. The second-order valence-electron chi connectivity index (χ2n) is 7.51. The number of hydrogen-bond acceptors (Lipinski definition) is 3. The molecule has 0 aliphatic carbocycles. The molecule has 0 aromatic heterocycles. The van der Waals surface area contributed by atoms with E-state index in [1.807, 2.05) is 32.2 Å². The van der Waals surface area contributed by atoms with Gasteiger partial charge in [0.05, 0.1) is 24.8 Å². The van der Waals surface area contributed by atoms with Gasteiger partial charge in [-0.2, -0.15) is 13.2 Å². The molecule has 1 aliphatic rings. The Hall–Kier alpha value is -2.19. The van der Waals surface area contributed by atoms with Crippen molar-refractivity contribution in [2.24, 2.45) is 0 Å². The number of likely N-dealkylation sites (tertiary alicyclic amines) is 1. The molecule has 30 heavy (non-hydrogen) atoms. The summed E-state index contributed by atoms with van der Waals surface area (Å²) in [6.45, 7) is 4.42. The lowest BCUT2D eigenvalue weighted by molar-refractivity contribution is -0.140. The first kappa shape index (κ1) is 22.5. The van der Waals surface area contributed by atoms with E-state index in [4.69, 9.17) is 4.74 Å². The molecule has 3 rings (SSSR count). The Morgan fingerprint density at radius 1 is 1.13 bits per heavy atom. The molecule has 2 aromatic rings. The van der Waals surface area contributed by atoms with Crippen molar-refractivity contribution in [1.82, 2.24) is 10.2 Å². The lowest BCUT2D eigenvalue weighted by Crippen LogP contribution is -2.58. The number of halogens is 3. The Bertz CT molecular complexity index is 865. The van der Waals surface area contributed by atoms with Crippen molar-refractivity contribution in [3.8, 4) is 0 Å². The molecule has 0 saturated carbocycles. The maximum atomic E-state index is 13.6. The minimum atomic E-state index is -4.49. The summed E-state index contributed by atoms with van der Waals surface area (Å²) in [5, 5.41) is 2.80. The van der Waals surface area contributed by atoms with Crippen LogP contribution in [-0.2, 0) is 10.9 Å². The van der Waals surface area contributed by atoms with Gasteiger partial charge in [-0.05, 0) is 49.4 Å². The summed E-state index contributed by atoms with van der Waals surface area (Å²) in [4.78, 5) is 14.7. The maximum Gasteiger partial charge on any atom is 0.416 e. The molecule has 1 N–H and O–H groups in total. The van der Waals surface area contributed by atoms with E-state index in [-0.39, 0.29) is 23.7 Å². The van der Waals surface area contributed by atoms with Crippen LogP contribution in [0.1, 0.15) is 36.6 Å². The van der Waals surface area contributed by atoms with E-state index in [1.165, 1.54) is 12.1 Å². The van der Waals surface area contributed by atoms with Gasteiger partial charge in [-0.3, -0.25) is 0 Å². The van der Waals surface area contributed by atoms with Gasteiger partial charge in [0.25, 0.3) is 0 Å². The second-order valence-corrected chi connectivity index (χ2v) is 8.39. The fourth-order valence-corrected chi connectivity index (χ4v) is 3.72. The predicted octanol–water partition coefficient (Wildman–Crippen LogP) is 5.34. The number of amides is 2. The predicted molar refractivity (Wildman–Crippen MR) is 112 cm³/mol. The second kappa shape index (κ2) is 9.31. The Kier molecular flexibility index (Phi) is 6.98. The molecule has 1 fully saturated rings. The van der Waals surface area contributed by atoms with Crippen molar-refractivity contribution in [2.45, 2.75) is 43.2 Å². The zero-order valence-corrected chi connectivity index (χ0v) is 17.9. The summed E-state index contributed by atoms with van der Waals surface area (Å²) in [5.74, 6) is 0. The molecule has 162 valence electrons. The van der Waals surface area contributed by atoms with Crippen LogP contribution in [0.2, 0.25) is 0 Å². The van der Waals surface area contributed by atoms with E-state index in [1.54, 1.807) is 34.9 Å². The van der Waals surface area contributed by atoms with Gasteiger partial charge in [-0.1, -0.05) is 30.3 Å². The summed E-state index contributed by atoms with van der Waals surface area (Å²) in [5.41, 5.74) is 0.0132. The van der Waals surface area contributed by atoms with Crippen molar-refractivity contribution >= 4 is 17.8 Å². The van der Waals surface area contributed by atoms with Crippen molar-refractivity contribution in [3.05, 3.63) is 65.2 Å². The summed E-state index contributed by atoms with van der Waals surface area (Å²) in [6, 6.07) is 12.6. The topological polar surface area (TPSA) is 41.6 Å². The summed E-state index contributed by atoms with van der Waals surface area (Å²) >= 11 is 1.56. The standard InChI is InChI=1S/C22H25F3N2O2S/c1-14(2)26-21(28)27-12-16(13-27)29-20(15-8-10-17(30-3)11-9-15)18-6-4-5-7-19(18)22(23,24)25/h4-11,14,16,20H,12-13H2,1-3H3,(H,26,28). The first-order valence-corrected chi connectivity index (χ1v) is 10.9. The minimum Gasteiger partial charge on any atom is -0.362 e. The van der Waals surface area contributed by atoms with E-state index in [2.05, 4.69) is 5.32 Å². The molecule has 0 spiro atoms. The van der Waals surface area contributed by atoms with Crippen molar-refractivity contribution in [3.63, 3.8) is 0 Å². The molecule has 1 unspecified atom stereocenters. The summed E-state index contributed by atoms with van der Waals surface area (Å²) in [6.07, 6.45) is -3.76. The number of urea groups is 1. The minimum absolute atomic E-state index is 0.0128. The lowest BCUT2D eigenvalue weighted by Gasteiger charge is -2.41. The molecule has 2 aromatic carbocycles. The van der Waals surface area contributed by atoms with E-state index in [0.717, 1.165) is 11.0 Å². The molecule has 1 atom stereocenters. The van der Waals surface area contributed by atoms with Crippen molar-refractivity contribution in [2.75, 3.05) is 19.3 Å². The third kappa shape index (κ3) is 5.29. The summed E-state index contributed by atoms with van der Waals surface area (Å²) < 4.78 is 47.1. The molecular weight excluding hydrogens is 413 g/mol.